The number of rotatable bonds is 8. The monoisotopic (exact) mass is 397 g/mol. The molecule has 0 spiro atoms. The zero-order valence-corrected chi connectivity index (χ0v) is 17.6. The van der Waals surface area contributed by atoms with E-state index in [4.69, 9.17) is 9.15 Å². The molecule has 1 aromatic carbocycles. The molecule has 1 aromatic heterocycles. The van der Waals surface area contributed by atoms with Gasteiger partial charge in [0.1, 0.15) is 12.0 Å². The van der Waals surface area contributed by atoms with Gasteiger partial charge in [0.15, 0.2) is 0 Å². The Balaban J connectivity index is 1.52. The number of nitrogens with zero attached hydrogens (tertiary/aromatic N) is 2. The van der Waals surface area contributed by atoms with E-state index < -0.39 is 0 Å². The zero-order valence-electron chi connectivity index (χ0n) is 17.6. The van der Waals surface area contributed by atoms with Crippen molar-refractivity contribution in [2.75, 3.05) is 12.0 Å². The predicted molar refractivity (Wildman–Crippen MR) is 112 cm³/mol. The number of carbonyl (C=O) groups is 1. The van der Waals surface area contributed by atoms with Crippen LogP contribution in [0.3, 0.4) is 0 Å². The maximum absolute atomic E-state index is 13.6. The Morgan fingerprint density at radius 3 is 2.79 bits per heavy atom. The van der Waals surface area contributed by atoms with E-state index in [-0.39, 0.29) is 17.4 Å². The Morgan fingerprint density at radius 2 is 2.14 bits per heavy atom. The highest BCUT2D eigenvalue weighted by molar-refractivity contribution is 5.85. The number of nitrogens with one attached hydrogen (secondary N) is 1. The van der Waals surface area contributed by atoms with E-state index in [1.807, 2.05) is 24.3 Å². The first-order valence-corrected chi connectivity index (χ1v) is 10.6. The number of methoxy groups -OCH3 is 1. The van der Waals surface area contributed by atoms with Gasteiger partial charge >= 0.3 is 0 Å². The van der Waals surface area contributed by atoms with Gasteiger partial charge in [-0.1, -0.05) is 26.0 Å². The molecule has 2 saturated heterocycles. The summed E-state index contributed by atoms with van der Waals surface area (Å²) >= 11 is 0. The van der Waals surface area contributed by atoms with E-state index in [1.54, 1.807) is 19.6 Å². The van der Waals surface area contributed by atoms with Crippen molar-refractivity contribution in [3.63, 3.8) is 0 Å². The van der Waals surface area contributed by atoms with Crippen molar-refractivity contribution in [3.05, 3.63) is 42.3 Å². The number of anilines is 1. The number of ether oxygens (including phenoxy) is 1. The Bertz CT molecular complexity index is 818. The van der Waals surface area contributed by atoms with E-state index in [0.29, 0.717) is 24.5 Å². The van der Waals surface area contributed by atoms with Crippen LogP contribution >= 0.6 is 0 Å². The molecule has 2 fully saturated rings. The van der Waals surface area contributed by atoms with Crippen molar-refractivity contribution in [1.29, 1.82) is 0 Å². The van der Waals surface area contributed by atoms with Gasteiger partial charge in [-0.25, -0.2) is 4.98 Å². The van der Waals surface area contributed by atoms with Gasteiger partial charge in [-0.15, -0.1) is 0 Å². The molecule has 6 heteroatoms. The zero-order chi connectivity index (χ0) is 20.4. The number of amides is 1. The summed E-state index contributed by atoms with van der Waals surface area (Å²) < 4.78 is 10.8. The molecule has 2 aromatic rings. The molecule has 2 aliphatic heterocycles. The summed E-state index contributed by atoms with van der Waals surface area (Å²) in [5.41, 5.74) is 0.694. The van der Waals surface area contributed by atoms with Gasteiger partial charge < -0.3 is 19.4 Å². The van der Waals surface area contributed by atoms with Crippen molar-refractivity contribution in [2.45, 2.75) is 64.6 Å². The van der Waals surface area contributed by atoms with Crippen LogP contribution in [0.4, 0.5) is 6.01 Å². The number of hydrogen-bond acceptors (Lipinski definition) is 5. The van der Waals surface area contributed by atoms with Gasteiger partial charge in [-0.05, 0) is 55.7 Å². The van der Waals surface area contributed by atoms with Crippen LogP contribution in [0.1, 0.15) is 51.5 Å². The van der Waals surface area contributed by atoms with Crippen LogP contribution in [0, 0.1) is 11.3 Å². The molecule has 0 radical (unpaired) electrons. The minimum Gasteiger partial charge on any atom is -0.497 e. The summed E-state index contributed by atoms with van der Waals surface area (Å²) in [6, 6.07) is 9.00. The van der Waals surface area contributed by atoms with Crippen molar-refractivity contribution in [3.8, 4) is 5.75 Å². The number of benzene rings is 1. The highest BCUT2D eigenvalue weighted by atomic mass is 16.5. The van der Waals surface area contributed by atoms with Crippen LogP contribution < -0.4 is 15.0 Å². The lowest BCUT2D eigenvalue weighted by atomic mass is 9.69. The Labute approximate surface area is 172 Å². The van der Waals surface area contributed by atoms with Gasteiger partial charge in [-0.3, -0.25) is 4.79 Å². The van der Waals surface area contributed by atoms with Gasteiger partial charge in [-0.2, -0.15) is 0 Å². The van der Waals surface area contributed by atoms with Crippen molar-refractivity contribution >= 4 is 11.9 Å². The first-order chi connectivity index (χ1) is 14.0. The molecule has 2 aliphatic rings. The number of aromatic nitrogens is 1. The Hall–Kier alpha value is -2.50. The average Bonchev–Trinajstić information content (AvgIpc) is 3.45. The molecule has 4 rings (SSSR count). The Kier molecular flexibility index (Phi) is 5.52. The molecule has 2 bridgehead atoms. The third-order valence-corrected chi connectivity index (χ3v) is 6.61. The summed E-state index contributed by atoms with van der Waals surface area (Å²) in [4.78, 5) is 20.2. The predicted octanol–water partition coefficient (Wildman–Crippen LogP) is 4.16. The molecule has 0 saturated carbocycles. The SMILES string of the molecule is COc1ccc(CNC(=O)[C@@]2(CCC(C)C)C[C@H]3CC[C@@H]2N3c2ncco2)cc1. The van der Waals surface area contributed by atoms with Crippen molar-refractivity contribution in [2.24, 2.45) is 11.3 Å². The molecule has 29 heavy (non-hydrogen) atoms. The lowest BCUT2D eigenvalue weighted by Gasteiger charge is -2.36. The fraction of sp³-hybridized carbons (Fsp3) is 0.565. The van der Waals surface area contributed by atoms with Gasteiger partial charge in [0, 0.05) is 18.6 Å². The fourth-order valence-electron chi connectivity index (χ4n) is 5.09. The molecule has 6 nitrogen and oxygen atoms in total. The van der Waals surface area contributed by atoms with Crippen LogP contribution in [0.2, 0.25) is 0 Å². The van der Waals surface area contributed by atoms with E-state index in [1.165, 1.54) is 0 Å². The van der Waals surface area contributed by atoms with Crippen LogP contribution in [0.5, 0.6) is 5.75 Å². The molecule has 0 unspecified atom stereocenters. The van der Waals surface area contributed by atoms with Crippen LogP contribution in [0.25, 0.3) is 0 Å². The highest BCUT2D eigenvalue weighted by Gasteiger charge is 2.60. The summed E-state index contributed by atoms with van der Waals surface area (Å²) in [7, 11) is 1.66. The van der Waals surface area contributed by atoms with E-state index in [9.17, 15) is 4.79 Å². The van der Waals surface area contributed by atoms with Gasteiger partial charge in [0.25, 0.3) is 6.01 Å². The molecule has 3 heterocycles. The second kappa shape index (κ2) is 8.09. The standard InChI is InChI=1S/C23H31N3O3/c1-16(2)10-11-23(21(27)25-15-17-4-7-19(28-3)8-5-17)14-18-6-9-20(23)26(18)22-24-12-13-29-22/h4-5,7-8,12-13,16,18,20H,6,9-11,14-15H2,1-3H3,(H,25,27)/t18-,20+,23+/m1/s1. The maximum atomic E-state index is 13.6. The number of oxazole rings is 1. The van der Waals surface area contributed by atoms with Crippen molar-refractivity contribution in [1.82, 2.24) is 10.3 Å². The molecule has 3 atom stereocenters. The molecule has 156 valence electrons. The van der Waals surface area contributed by atoms with E-state index >= 15 is 0 Å². The highest BCUT2D eigenvalue weighted by Crippen LogP contribution is 2.54. The second-order valence-corrected chi connectivity index (χ2v) is 8.79. The molecular weight excluding hydrogens is 366 g/mol. The van der Waals surface area contributed by atoms with Crippen molar-refractivity contribution < 1.29 is 13.9 Å². The number of fused-ring (bicyclic) bond motifs is 2. The fourth-order valence-corrected chi connectivity index (χ4v) is 5.09. The van der Waals surface area contributed by atoms with Gasteiger partial charge in [0.2, 0.25) is 5.91 Å². The normalized spacial score (nSPS) is 25.6. The second-order valence-electron chi connectivity index (χ2n) is 8.79. The van der Waals surface area contributed by atoms with E-state index in [0.717, 1.165) is 43.4 Å². The quantitative estimate of drug-likeness (QED) is 0.724. The summed E-state index contributed by atoms with van der Waals surface area (Å²) in [6.07, 6.45) is 8.24. The minimum absolute atomic E-state index is 0.153. The summed E-state index contributed by atoms with van der Waals surface area (Å²) in [5, 5.41) is 3.24. The van der Waals surface area contributed by atoms with E-state index in [2.05, 4.69) is 29.0 Å². The van der Waals surface area contributed by atoms with Gasteiger partial charge in [0.05, 0.1) is 18.7 Å². The maximum Gasteiger partial charge on any atom is 0.297 e. The third kappa shape index (κ3) is 3.72. The first-order valence-electron chi connectivity index (χ1n) is 10.6. The molecule has 1 N–H and O–H groups in total. The molecular formula is C23H31N3O3. The largest absolute Gasteiger partial charge is 0.497 e. The summed E-state index contributed by atoms with van der Waals surface area (Å²) in [5.74, 6) is 1.55. The first kappa shape index (κ1) is 19.8. The third-order valence-electron chi connectivity index (χ3n) is 6.61. The smallest absolute Gasteiger partial charge is 0.297 e. The number of carbonyl (C=O) groups excluding carboxylic acids is 1. The Morgan fingerprint density at radius 1 is 1.34 bits per heavy atom. The van der Waals surface area contributed by atoms with Crippen LogP contribution in [-0.4, -0.2) is 30.1 Å². The lowest BCUT2D eigenvalue weighted by Crippen LogP contribution is -2.49. The minimum atomic E-state index is -0.381. The number of hydrogen-bond donors (Lipinski definition) is 1. The molecule has 1 amide bonds. The van der Waals surface area contributed by atoms with Crippen LogP contribution in [0.15, 0.2) is 41.1 Å². The molecule has 0 aliphatic carbocycles. The van der Waals surface area contributed by atoms with Crippen LogP contribution in [-0.2, 0) is 11.3 Å². The average molecular weight is 398 g/mol. The lowest BCUT2D eigenvalue weighted by molar-refractivity contribution is -0.133. The summed E-state index contributed by atoms with van der Waals surface area (Å²) in [6.45, 7) is 4.98. The topological polar surface area (TPSA) is 67.6 Å².